The second-order valence-corrected chi connectivity index (χ2v) is 7.42. The third kappa shape index (κ3) is 2.95. The summed E-state index contributed by atoms with van der Waals surface area (Å²) in [4.78, 5) is 33.6. The molecular formula is C21H22FN5O2. The first-order valence-corrected chi connectivity index (χ1v) is 9.67. The van der Waals surface area contributed by atoms with Crippen molar-refractivity contribution in [3.63, 3.8) is 0 Å². The lowest BCUT2D eigenvalue weighted by molar-refractivity contribution is -0.118. The molecule has 0 saturated heterocycles. The van der Waals surface area contributed by atoms with Gasteiger partial charge in [-0.3, -0.25) is 14.7 Å². The van der Waals surface area contributed by atoms with Gasteiger partial charge in [-0.15, -0.1) is 0 Å². The highest BCUT2D eigenvalue weighted by Gasteiger charge is 2.33. The van der Waals surface area contributed by atoms with Crippen molar-refractivity contribution in [3.8, 4) is 0 Å². The fourth-order valence-corrected chi connectivity index (χ4v) is 4.16. The number of primary amides is 1. The number of carbonyl (C=O) groups excluding carboxylic acids is 1. The highest BCUT2D eigenvalue weighted by molar-refractivity contribution is 6.22. The second-order valence-electron chi connectivity index (χ2n) is 7.42. The lowest BCUT2D eigenvalue weighted by atomic mass is 9.77. The number of fused-ring (bicyclic) bond motifs is 6. The number of rotatable bonds is 6. The van der Waals surface area contributed by atoms with Gasteiger partial charge >= 0.3 is 0 Å². The molecule has 1 amide bonds. The average Bonchev–Trinajstić information content (AvgIpc) is 3.15. The number of hydrogen-bond acceptors (Lipinski definition) is 4. The van der Waals surface area contributed by atoms with E-state index in [0.29, 0.717) is 44.8 Å². The van der Waals surface area contributed by atoms with Crippen LogP contribution >= 0.6 is 0 Å². The summed E-state index contributed by atoms with van der Waals surface area (Å²) in [5, 5.41) is 7.38. The predicted octanol–water partition coefficient (Wildman–Crippen LogP) is 3.42. The fraction of sp³-hybridized carbons (Fsp3) is 0.333. The van der Waals surface area contributed by atoms with E-state index in [-0.39, 0.29) is 17.9 Å². The van der Waals surface area contributed by atoms with Gasteiger partial charge in [0.1, 0.15) is 17.2 Å². The lowest BCUT2D eigenvalue weighted by Crippen LogP contribution is -2.28. The first-order valence-electron chi connectivity index (χ1n) is 9.67. The van der Waals surface area contributed by atoms with Gasteiger partial charge in [0.25, 0.3) is 5.56 Å². The molecule has 0 saturated carbocycles. The summed E-state index contributed by atoms with van der Waals surface area (Å²) in [5.41, 5.74) is 5.83. The summed E-state index contributed by atoms with van der Waals surface area (Å²) in [6.45, 7) is 4.07. The summed E-state index contributed by atoms with van der Waals surface area (Å²) in [7, 11) is 0. The summed E-state index contributed by atoms with van der Waals surface area (Å²) >= 11 is 0. The number of nitrogens with one attached hydrogen (secondary N) is 2. The van der Waals surface area contributed by atoms with Crippen LogP contribution in [0.2, 0.25) is 0 Å². The zero-order valence-electron chi connectivity index (χ0n) is 16.3. The van der Waals surface area contributed by atoms with Crippen molar-refractivity contribution in [2.75, 3.05) is 0 Å². The van der Waals surface area contributed by atoms with E-state index in [1.165, 1.54) is 12.1 Å². The Hall–Kier alpha value is -3.29. The number of aromatic nitrogens is 4. The number of halogens is 1. The fourth-order valence-electron chi connectivity index (χ4n) is 4.16. The van der Waals surface area contributed by atoms with Crippen LogP contribution in [-0.2, 0) is 10.2 Å². The van der Waals surface area contributed by atoms with Gasteiger partial charge in [-0.1, -0.05) is 13.8 Å². The van der Waals surface area contributed by atoms with Crippen molar-refractivity contribution in [3.05, 3.63) is 46.4 Å². The number of benzene rings is 2. The normalized spacial score (nSPS) is 12.2. The van der Waals surface area contributed by atoms with E-state index in [4.69, 9.17) is 15.7 Å². The van der Waals surface area contributed by atoms with Crippen molar-refractivity contribution in [1.29, 1.82) is 0 Å². The molecule has 0 fully saturated rings. The van der Waals surface area contributed by atoms with Crippen LogP contribution in [0.15, 0.2) is 29.2 Å². The van der Waals surface area contributed by atoms with Gasteiger partial charge in [-0.2, -0.15) is 0 Å². The van der Waals surface area contributed by atoms with Gasteiger partial charge < -0.3 is 10.8 Å². The van der Waals surface area contributed by atoms with Crippen molar-refractivity contribution < 1.29 is 9.18 Å². The van der Waals surface area contributed by atoms with Gasteiger partial charge in [-0.05, 0) is 37.5 Å². The number of nitrogens with two attached hydrogens (primary N) is 1. The highest BCUT2D eigenvalue weighted by atomic mass is 19.1. The van der Waals surface area contributed by atoms with Gasteiger partial charge in [0, 0.05) is 34.2 Å². The summed E-state index contributed by atoms with van der Waals surface area (Å²) in [6.07, 6.45) is 3.91. The molecule has 8 heteroatoms. The Morgan fingerprint density at radius 1 is 1.14 bits per heavy atom. The quantitative estimate of drug-likeness (QED) is 0.434. The minimum absolute atomic E-state index is 0.243. The number of aromatic amines is 2. The third-order valence-corrected chi connectivity index (χ3v) is 6.00. The van der Waals surface area contributed by atoms with Crippen molar-refractivity contribution in [2.45, 2.75) is 44.9 Å². The Labute approximate surface area is 165 Å². The standard InChI is InChI=1S/C21H22FN5O2/c1-3-21(4-2,8-7-15(23)28)20-25-17-12-6-5-11(22)9-13(12)16-14(18(17)26-20)10-24-27-19(16)29/h5-6,9-10,24H,3-4,7-8H2,1-2H3,(H2,23,28)(H,27,29). The SMILES string of the molecule is CCC(CC)(CCC(N)=O)c1nc2c3ccc(F)cc3c3c(=O)[nH][nH]cc3c2n1. The maximum absolute atomic E-state index is 14.0. The van der Waals surface area contributed by atoms with E-state index >= 15 is 0 Å². The Morgan fingerprint density at radius 3 is 2.48 bits per heavy atom. The molecule has 0 aliphatic carbocycles. The summed E-state index contributed by atoms with van der Waals surface area (Å²) in [5.74, 6) is -0.167. The van der Waals surface area contributed by atoms with E-state index in [1.54, 1.807) is 12.3 Å². The van der Waals surface area contributed by atoms with Crippen LogP contribution in [0.4, 0.5) is 4.39 Å². The van der Waals surface area contributed by atoms with Crippen LogP contribution in [0, 0.1) is 5.82 Å². The minimum Gasteiger partial charge on any atom is -0.370 e. The molecular weight excluding hydrogens is 373 g/mol. The smallest absolute Gasteiger partial charge is 0.270 e. The molecule has 2 heterocycles. The molecule has 0 aliphatic rings. The van der Waals surface area contributed by atoms with E-state index in [1.807, 2.05) is 13.8 Å². The average molecular weight is 395 g/mol. The molecule has 0 aliphatic heterocycles. The van der Waals surface area contributed by atoms with Crippen molar-refractivity contribution >= 4 is 38.5 Å². The number of amides is 1. The van der Waals surface area contributed by atoms with Gasteiger partial charge in [0.05, 0.1) is 10.9 Å². The molecule has 0 radical (unpaired) electrons. The molecule has 0 unspecified atom stereocenters. The zero-order valence-corrected chi connectivity index (χ0v) is 16.3. The van der Waals surface area contributed by atoms with Crippen molar-refractivity contribution in [1.82, 2.24) is 20.2 Å². The van der Waals surface area contributed by atoms with Gasteiger partial charge in [0.2, 0.25) is 5.91 Å². The van der Waals surface area contributed by atoms with Crippen LogP contribution in [0.3, 0.4) is 0 Å². The largest absolute Gasteiger partial charge is 0.370 e. The van der Waals surface area contributed by atoms with E-state index < -0.39 is 11.2 Å². The van der Waals surface area contributed by atoms with Crippen molar-refractivity contribution in [2.24, 2.45) is 5.73 Å². The van der Waals surface area contributed by atoms with E-state index in [2.05, 4.69) is 10.2 Å². The van der Waals surface area contributed by atoms with E-state index in [0.717, 1.165) is 12.8 Å². The molecule has 2 aromatic heterocycles. The van der Waals surface area contributed by atoms with E-state index in [9.17, 15) is 14.0 Å². The number of nitrogens with zero attached hydrogens (tertiary/aromatic N) is 2. The molecule has 4 N–H and O–H groups in total. The number of imidazole rings is 1. The Morgan fingerprint density at radius 2 is 1.83 bits per heavy atom. The van der Waals surface area contributed by atoms with Crippen LogP contribution in [0.5, 0.6) is 0 Å². The first kappa shape index (κ1) is 19.0. The number of carbonyl (C=O) groups is 1. The summed E-state index contributed by atoms with van der Waals surface area (Å²) in [6, 6.07) is 4.33. The third-order valence-electron chi connectivity index (χ3n) is 6.00. The molecule has 29 heavy (non-hydrogen) atoms. The Kier molecular flexibility index (Phi) is 4.56. The maximum atomic E-state index is 14.0. The highest BCUT2D eigenvalue weighted by Crippen LogP contribution is 2.39. The van der Waals surface area contributed by atoms with Crippen LogP contribution in [0.25, 0.3) is 32.6 Å². The van der Waals surface area contributed by atoms with Crippen LogP contribution < -0.4 is 11.3 Å². The molecule has 4 aromatic rings. The lowest BCUT2D eigenvalue weighted by Gasteiger charge is -2.28. The number of H-pyrrole nitrogens is 2. The summed E-state index contributed by atoms with van der Waals surface area (Å²) < 4.78 is 14.0. The Balaban J connectivity index is 2.09. The van der Waals surface area contributed by atoms with Crippen LogP contribution in [-0.4, -0.2) is 26.1 Å². The molecule has 0 atom stereocenters. The topological polar surface area (TPSA) is 118 Å². The van der Waals surface area contributed by atoms with Crippen LogP contribution in [0.1, 0.15) is 45.4 Å². The number of hydrogen-bond donors (Lipinski definition) is 3. The van der Waals surface area contributed by atoms with Gasteiger partial charge in [0.15, 0.2) is 0 Å². The molecule has 0 bridgehead atoms. The molecule has 2 aromatic carbocycles. The maximum Gasteiger partial charge on any atom is 0.270 e. The molecule has 0 spiro atoms. The first-order chi connectivity index (χ1) is 13.9. The second kappa shape index (κ2) is 6.95. The molecule has 150 valence electrons. The minimum atomic E-state index is -0.428. The monoisotopic (exact) mass is 395 g/mol. The molecule has 4 rings (SSSR count). The van der Waals surface area contributed by atoms with Gasteiger partial charge in [-0.25, -0.2) is 14.4 Å². The predicted molar refractivity (Wildman–Crippen MR) is 110 cm³/mol. The zero-order chi connectivity index (χ0) is 20.8. The molecule has 7 nitrogen and oxygen atoms in total. The Bertz CT molecular complexity index is 1300.